The monoisotopic (exact) mass is 372 g/mol. The second-order valence-corrected chi connectivity index (χ2v) is 5.03. The summed E-state index contributed by atoms with van der Waals surface area (Å²) in [5, 5.41) is 3.32. The highest BCUT2D eigenvalue weighted by Crippen LogP contribution is 2.20. The molecule has 1 aromatic heterocycles. The van der Waals surface area contributed by atoms with E-state index in [4.69, 9.17) is 9.47 Å². The molecule has 1 fully saturated rings. The number of piperazine rings is 1. The minimum Gasteiger partial charge on any atom is -0.496 e. The molecule has 0 bridgehead atoms. The fourth-order valence-corrected chi connectivity index (χ4v) is 2.40. The van der Waals surface area contributed by atoms with Gasteiger partial charge in [0.1, 0.15) is 12.4 Å². The molecule has 1 aliphatic heterocycles. The summed E-state index contributed by atoms with van der Waals surface area (Å²) in [4.78, 5) is 11.0. The van der Waals surface area contributed by atoms with E-state index in [1.54, 1.807) is 19.4 Å². The number of ether oxygens (including phenoxy) is 2. The Morgan fingerprint density at radius 3 is 2.62 bits per heavy atom. The fraction of sp³-hybridized carbons (Fsp3) is 0.375. The van der Waals surface area contributed by atoms with Crippen LogP contribution >= 0.6 is 24.8 Å². The van der Waals surface area contributed by atoms with Crippen LogP contribution in [0, 0.1) is 0 Å². The largest absolute Gasteiger partial charge is 0.496 e. The van der Waals surface area contributed by atoms with E-state index in [-0.39, 0.29) is 24.8 Å². The predicted molar refractivity (Wildman–Crippen MR) is 98.9 cm³/mol. The molecular formula is C16H22Cl2N4O2. The predicted octanol–water partition coefficient (Wildman–Crippen LogP) is 2.32. The van der Waals surface area contributed by atoms with Gasteiger partial charge < -0.3 is 19.7 Å². The molecule has 24 heavy (non-hydrogen) atoms. The van der Waals surface area contributed by atoms with Crippen molar-refractivity contribution in [3.8, 4) is 11.6 Å². The van der Waals surface area contributed by atoms with Crippen LogP contribution in [0.1, 0.15) is 5.56 Å². The molecule has 2 heterocycles. The molecule has 0 atom stereocenters. The molecule has 8 heteroatoms. The zero-order valence-corrected chi connectivity index (χ0v) is 15.1. The highest BCUT2D eigenvalue weighted by molar-refractivity contribution is 5.85. The molecular weight excluding hydrogens is 351 g/mol. The average Bonchev–Trinajstić information content (AvgIpc) is 2.61. The van der Waals surface area contributed by atoms with Crippen LogP contribution < -0.4 is 19.7 Å². The summed E-state index contributed by atoms with van der Waals surface area (Å²) in [5.74, 6) is 2.12. The van der Waals surface area contributed by atoms with Gasteiger partial charge in [-0.15, -0.1) is 24.8 Å². The number of halogens is 2. The molecule has 0 radical (unpaired) electrons. The number of hydrogen-bond donors (Lipinski definition) is 1. The van der Waals surface area contributed by atoms with Crippen LogP contribution in [0.15, 0.2) is 36.5 Å². The standard InChI is InChI=1S/C16H20N4O2.2ClH/c1-21-14-5-3-2-4-13(14)12-22-15-6-7-18-16(19-15)20-10-8-17-9-11-20;;/h2-7,17H,8-12H2,1H3;2*1H. The van der Waals surface area contributed by atoms with Crippen molar-refractivity contribution in [1.82, 2.24) is 15.3 Å². The summed E-state index contributed by atoms with van der Waals surface area (Å²) < 4.78 is 11.1. The second kappa shape index (κ2) is 10.2. The maximum atomic E-state index is 5.79. The van der Waals surface area contributed by atoms with Crippen LogP contribution in [0.2, 0.25) is 0 Å². The van der Waals surface area contributed by atoms with E-state index in [1.165, 1.54) is 0 Å². The van der Waals surface area contributed by atoms with Gasteiger partial charge >= 0.3 is 0 Å². The van der Waals surface area contributed by atoms with Crippen LogP contribution in [-0.4, -0.2) is 43.3 Å². The molecule has 132 valence electrons. The summed E-state index contributed by atoms with van der Waals surface area (Å²) in [6.45, 7) is 4.15. The lowest BCUT2D eigenvalue weighted by molar-refractivity contribution is 0.285. The van der Waals surface area contributed by atoms with Crippen molar-refractivity contribution < 1.29 is 9.47 Å². The van der Waals surface area contributed by atoms with Crippen molar-refractivity contribution >= 4 is 30.8 Å². The van der Waals surface area contributed by atoms with Crippen molar-refractivity contribution in [3.05, 3.63) is 42.1 Å². The van der Waals surface area contributed by atoms with Crippen LogP contribution in [0.4, 0.5) is 5.95 Å². The van der Waals surface area contributed by atoms with E-state index in [9.17, 15) is 0 Å². The molecule has 0 amide bonds. The van der Waals surface area contributed by atoms with E-state index in [0.29, 0.717) is 12.5 Å². The van der Waals surface area contributed by atoms with Gasteiger partial charge in [-0.05, 0) is 6.07 Å². The molecule has 0 aliphatic carbocycles. The Morgan fingerprint density at radius 2 is 1.88 bits per heavy atom. The smallest absolute Gasteiger partial charge is 0.228 e. The van der Waals surface area contributed by atoms with Gasteiger partial charge in [0.2, 0.25) is 11.8 Å². The minimum absolute atomic E-state index is 0. The normalized spacial score (nSPS) is 13.5. The molecule has 1 N–H and O–H groups in total. The number of benzene rings is 1. The average molecular weight is 373 g/mol. The van der Waals surface area contributed by atoms with E-state index in [0.717, 1.165) is 43.4 Å². The molecule has 1 aromatic carbocycles. The number of rotatable bonds is 5. The van der Waals surface area contributed by atoms with E-state index < -0.39 is 0 Å². The number of methoxy groups -OCH3 is 1. The first-order valence-corrected chi connectivity index (χ1v) is 7.40. The number of para-hydroxylation sites is 1. The van der Waals surface area contributed by atoms with Crippen LogP contribution in [0.5, 0.6) is 11.6 Å². The Bertz CT molecular complexity index is 625. The Hall–Kier alpha value is -1.76. The molecule has 0 saturated carbocycles. The molecule has 1 saturated heterocycles. The van der Waals surface area contributed by atoms with Gasteiger partial charge in [-0.25, -0.2) is 4.98 Å². The number of anilines is 1. The maximum Gasteiger partial charge on any atom is 0.228 e. The molecule has 6 nitrogen and oxygen atoms in total. The van der Waals surface area contributed by atoms with Gasteiger partial charge in [-0.1, -0.05) is 18.2 Å². The molecule has 0 spiro atoms. The Labute approximate surface area is 154 Å². The Morgan fingerprint density at radius 1 is 1.12 bits per heavy atom. The van der Waals surface area contributed by atoms with E-state index >= 15 is 0 Å². The fourth-order valence-electron chi connectivity index (χ4n) is 2.40. The molecule has 1 aliphatic rings. The topological polar surface area (TPSA) is 59.5 Å². The number of nitrogens with zero attached hydrogens (tertiary/aromatic N) is 3. The van der Waals surface area contributed by atoms with E-state index in [1.807, 2.05) is 24.3 Å². The third-order valence-corrected chi connectivity index (χ3v) is 3.59. The Balaban J connectivity index is 0.00000144. The first-order chi connectivity index (χ1) is 10.9. The van der Waals surface area contributed by atoms with Gasteiger partial charge in [0.15, 0.2) is 0 Å². The Kier molecular flexibility index (Phi) is 8.60. The lowest BCUT2D eigenvalue weighted by Crippen LogP contribution is -2.44. The van der Waals surface area contributed by atoms with Gasteiger partial charge in [0.05, 0.1) is 7.11 Å². The zero-order chi connectivity index (χ0) is 15.2. The second-order valence-electron chi connectivity index (χ2n) is 5.03. The zero-order valence-electron chi connectivity index (χ0n) is 13.5. The van der Waals surface area contributed by atoms with Crippen LogP contribution in [0.25, 0.3) is 0 Å². The summed E-state index contributed by atoms with van der Waals surface area (Å²) in [6.07, 6.45) is 1.74. The lowest BCUT2D eigenvalue weighted by Gasteiger charge is -2.27. The summed E-state index contributed by atoms with van der Waals surface area (Å²) in [6, 6.07) is 9.59. The SMILES string of the molecule is COc1ccccc1COc1ccnc(N2CCNCC2)n1.Cl.Cl. The van der Waals surface area contributed by atoms with Crippen molar-refractivity contribution in [3.63, 3.8) is 0 Å². The minimum atomic E-state index is 0. The third-order valence-electron chi connectivity index (χ3n) is 3.59. The van der Waals surface area contributed by atoms with Crippen molar-refractivity contribution in [1.29, 1.82) is 0 Å². The van der Waals surface area contributed by atoms with Gasteiger partial charge in [-0.2, -0.15) is 4.98 Å². The molecule has 0 unspecified atom stereocenters. The van der Waals surface area contributed by atoms with E-state index in [2.05, 4.69) is 20.2 Å². The lowest BCUT2D eigenvalue weighted by atomic mass is 10.2. The molecule has 3 rings (SSSR count). The van der Waals surface area contributed by atoms with Crippen LogP contribution in [0.3, 0.4) is 0 Å². The number of hydrogen-bond acceptors (Lipinski definition) is 6. The highest BCUT2D eigenvalue weighted by Gasteiger charge is 2.13. The quantitative estimate of drug-likeness (QED) is 0.868. The summed E-state index contributed by atoms with van der Waals surface area (Å²) >= 11 is 0. The van der Waals surface area contributed by atoms with Gasteiger partial charge in [0, 0.05) is 44.0 Å². The number of nitrogens with one attached hydrogen (secondary N) is 1. The van der Waals surface area contributed by atoms with Gasteiger partial charge in [0.25, 0.3) is 0 Å². The third kappa shape index (κ3) is 5.12. The number of aromatic nitrogens is 2. The highest BCUT2D eigenvalue weighted by atomic mass is 35.5. The van der Waals surface area contributed by atoms with Gasteiger partial charge in [-0.3, -0.25) is 0 Å². The van der Waals surface area contributed by atoms with Crippen molar-refractivity contribution in [2.75, 3.05) is 38.2 Å². The van der Waals surface area contributed by atoms with Crippen LogP contribution in [-0.2, 0) is 6.61 Å². The summed E-state index contributed by atoms with van der Waals surface area (Å²) in [7, 11) is 1.66. The van der Waals surface area contributed by atoms with Crippen molar-refractivity contribution in [2.24, 2.45) is 0 Å². The summed E-state index contributed by atoms with van der Waals surface area (Å²) in [5.41, 5.74) is 0.993. The first kappa shape index (κ1) is 20.3. The maximum absolute atomic E-state index is 5.79. The first-order valence-electron chi connectivity index (χ1n) is 7.40. The molecule has 2 aromatic rings. The van der Waals surface area contributed by atoms with Crippen molar-refractivity contribution in [2.45, 2.75) is 6.61 Å².